The number of carbonyl (C=O) groups excluding carboxylic acids is 2. The number of alkyl halides is 2. The Morgan fingerprint density at radius 1 is 0.944 bits per heavy atom. The van der Waals surface area contributed by atoms with Crippen LogP contribution in [0, 0.1) is 23.4 Å². The molecule has 3 aromatic rings. The van der Waals surface area contributed by atoms with E-state index in [-0.39, 0.29) is 21.8 Å². The number of carbonyl (C=O) groups is 2. The Labute approximate surface area is 228 Å². The van der Waals surface area contributed by atoms with Crippen LogP contribution in [0.4, 0.5) is 24.5 Å². The molecule has 0 saturated heterocycles. The topological polar surface area (TPSA) is 72.2 Å². The Kier molecular flexibility index (Phi) is 7.43. The number of Topliss-reactive ketones (excluding diaryl/α,β-unsaturated/α-hetero) is 1. The normalized spacial score (nSPS) is 18.1. The van der Waals surface area contributed by atoms with Crippen molar-refractivity contribution in [3.8, 4) is 0 Å². The molecular weight excluding hydrogens is 583 g/mol. The van der Waals surface area contributed by atoms with E-state index in [2.05, 4.69) is 5.32 Å². The van der Waals surface area contributed by atoms with Gasteiger partial charge in [-0.1, -0.05) is 46.9 Å². The summed E-state index contributed by atoms with van der Waals surface area (Å²) in [7, 11) is 0. The quantitative estimate of drug-likeness (QED) is 0.175. The van der Waals surface area contributed by atoms with E-state index in [1.807, 2.05) is 0 Å². The first-order valence-corrected chi connectivity index (χ1v) is 12.1. The monoisotopic (exact) mass is 594 g/mol. The number of ketones is 1. The van der Waals surface area contributed by atoms with Gasteiger partial charge < -0.3 is 11.1 Å². The van der Waals surface area contributed by atoms with Gasteiger partial charge in [0.15, 0.2) is 11.6 Å². The van der Waals surface area contributed by atoms with Crippen LogP contribution in [-0.4, -0.2) is 16.0 Å². The second kappa shape index (κ2) is 9.95. The van der Waals surface area contributed by atoms with E-state index in [1.54, 1.807) is 18.2 Å². The largest absolute Gasteiger partial charge is 0.394 e. The highest BCUT2D eigenvalue weighted by Crippen LogP contribution is 2.65. The summed E-state index contributed by atoms with van der Waals surface area (Å²) in [5, 5.41) is 2.52. The molecular formula is C24H14Cl5F3N2O2. The molecule has 0 bridgehead atoms. The third-order valence-electron chi connectivity index (χ3n) is 5.79. The standard InChI is InChI=1S/C24H14Cl5F3N2O2/c25-13-3-1-9(5-14(13)26)18-19(24(18,28)29)23(36)34-11-7-12(20(27)16(31)8-11)17(35)6-10-2-4-15(30)22(33)21(10)32/h1-5,7-8,18-19H,6,33H2,(H,34,36)/t18-,19+/m0/s1. The molecule has 0 heterocycles. The summed E-state index contributed by atoms with van der Waals surface area (Å²) in [5.74, 6) is -6.07. The third kappa shape index (κ3) is 5.00. The zero-order valence-electron chi connectivity index (χ0n) is 17.8. The average Bonchev–Trinajstić information content (AvgIpc) is 3.40. The summed E-state index contributed by atoms with van der Waals surface area (Å²) in [6.07, 6.45) is -0.582. The number of nitrogens with one attached hydrogen (secondary N) is 1. The third-order valence-corrected chi connectivity index (χ3v) is 7.86. The Hall–Kier alpha value is -2.16. The molecule has 2 atom stereocenters. The lowest BCUT2D eigenvalue weighted by molar-refractivity contribution is -0.117. The number of hydrogen-bond acceptors (Lipinski definition) is 3. The van der Waals surface area contributed by atoms with Crippen molar-refractivity contribution >= 4 is 81.1 Å². The van der Waals surface area contributed by atoms with Gasteiger partial charge in [0.25, 0.3) is 0 Å². The number of amides is 1. The first kappa shape index (κ1) is 26.9. The minimum Gasteiger partial charge on any atom is -0.394 e. The van der Waals surface area contributed by atoms with Crippen LogP contribution in [-0.2, 0) is 11.2 Å². The summed E-state index contributed by atoms with van der Waals surface area (Å²) in [4.78, 5) is 25.7. The van der Waals surface area contributed by atoms with Crippen molar-refractivity contribution in [1.29, 1.82) is 0 Å². The van der Waals surface area contributed by atoms with E-state index in [9.17, 15) is 22.8 Å². The maximum atomic E-state index is 14.5. The molecule has 0 unspecified atom stereocenters. The average molecular weight is 597 g/mol. The Morgan fingerprint density at radius 3 is 2.31 bits per heavy atom. The molecule has 3 N–H and O–H groups in total. The summed E-state index contributed by atoms with van der Waals surface area (Å²) in [6.45, 7) is 0. The summed E-state index contributed by atoms with van der Waals surface area (Å²) >= 11 is 30.6. The van der Waals surface area contributed by atoms with Gasteiger partial charge >= 0.3 is 0 Å². The number of anilines is 2. The fraction of sp³-hybridized carbons (Fsp3) is 0.167. The fourth-order valence-corrected chi connectivity index (χ4v) is 5.23. The molecule has 12 heteroatoms. The molecule has 1 fully saturated rings. The van der Waals surface area contributed by atoms with Crippen LogP contribution >= 0.6 is 58.0 Å². The van der Waals surface area contributed by atoms with Gasteiger partial charge in [0, 0.05) is 23.6 Å². The molecule has 4 rings (SSSR count). The van der Waals surface area contributed by atoms with Crippen LogP contribution in [0.5, 0.6) is 0 Å². The highest BCUT2D eigenvalue weighted by atomic mass is 35.5. The van der Waals surface area contributed by atoms with Crippen LogP contribution in [0.1, 0.15) is 27.4 Å². The van der Waals surface area contributed by atoms with Crippen LogP contribution in [0.3, 0.4) is 0 Å². The highest BCUT2D eigenvalue weighted by molar-refractivity contribution is 6.53. The van der Waals surface area contributed by atoms with Gasteiger partial charge in [-0.05, 0) is 41.5 Å². The van der Waals surface area contributed by atoms with Crippen molar-refractivity contribution in [1.82, 2.24) is 0 Å². The molecule has 1 amide bonds. The zero-order valence-corrected chi connectivity index (χ0v) is 21.6. The first-order valence-electron chi connectivity index (χ1n) is 10.2. The van der Waals surface area contributed by atoms with Gasteiger partial charge in [-0.15, -0.1) is 23.2 Å². The molecule has 3 aromatic carbocycles. The van der Waals surface area contributed by atoms with E-state index in [0.29, 0.717) is 10.6 Å². The lowest BCUT2D eigenvalue weighted by Gasteiger charge is -2.11. The molecule has 0 radical (unpaired) electrons. The Bertz CT molecular complexity index is 1420. The molecule has 4 nitrogen and oxygen atoms in total. The van der Waals surface area contributed by atoms with Crippen molar-refractivity contribution < 1.29 is 22.8 Å². The van der Waals surface area contributed by atoms with Gasteiger partial charge in [-0.3, -0.25) is 9.59 Å². The molecule has 0 aromatic heterocycles. The van der Waals surface area contributed by atoms with E-state index in [1.165, 1.54) is 0 Å². The van der Waals surface area contributed by atoms with Crippen LogP contribution in [0.25, 0.3) is 0 Å². The number of nitrogen functional groups attached to an aromatic ring is 1. The van der Waals surface area contributed by atoms with Crippen LogP contribution in [0.2, 0.25) is 15.1 Å². The van der Waals surface area contributed by atoms with Crippen molar-refractivity contribution in [3.05, 3.63) is 91.7 Å². The maximum Gasteiger partial charge on any atom is 0.231 e. The summed E-state index contributed by atoms with van der Waals surface area (Å²) in [5.41, 5.74) is 4.52. The minimum absolute atomic E-state index is 0.103. The Balaban J connectivity index is 1.56. The number of nitrogens with two attached hydrogens (primary N) is 1. The van der Waals surface area contributed by atoms with Crippen molar-refractivity contribution in [3.63, 3.8) is 0 Å². The fourth-order valence-electron chi connectivity index (χ4n) is 3.88. The van der Waals surface area contributed by atoms with E-state index >= 15 is 0 Å². The van der Waals surface area contributed by atoms with E-state index in [4.69, 9.17) is 63.7 Å². The predicted octanol–water partition coefficient (Wildman–Crippen LogP) is 7.60. The number of benzene rings is 3. The number of hydrogen-bond donors (Lipinski definition) is 2. The molecule has 0 aliphatic heterocycles. The van der Waals surface area contributed by atoms with Crippen LogP contribution in [0.15, 0.2) is 42.5 Å². The molecule has 0 spiro atoms. The van der Waals surface area contributed by atoms with Gasteiger partial charge in [0.2, 0.25) is 5.91 Å². The zero-order chi connectivity index (χ0) is 26.5. The minimum atomic E-state index is -1.47. The van der Waals surface area contributed by atoms with Gasteiger partial charge in [0.1, 0.15) is 21.7 Å². The maximum absolute atomic E-state index is 14.5. The van der Waals surface area contributed by atoms with Crippen molar-refractivity contribution in [2.45, 2.75) is 16.7 Å². The van der Waals surface area contributed by atoms with Crippen molar-refractivity contribution in [2.24, 2.45) is 5.92 Å². The molecule has 36 heavy (non-hydrogen) atoms. The first-order chi connectivity index (χ1) is 16.8. The highest BCUT2D eigenvalue weighted by Gasteiger charge is 2.67. The summed E-state index contributed by atoms with van der Waals surface area (Å²) in [6, 6.07) is 8.72. The summed E-state index contributed by atoms with van der Waals surface area (Å²) < 4.78 is 40.7. The van der Waals surface area contributed by atoms with Gasteiger partial charge in [-0.2, -0.15) is 0 Å². The SMILES string of the molecule is Nc1c(F)ccc(CC(=O)c2cc(NC(=O)[C@H]3[C@H](c4ccc(Cl)c(Cl)c4)C3(Cl)Cl)cc(F)c2Cl)c1F. The van der Waals surface area contributed by atoms with Crippen LogP contribution < -0.4 is 11.1 Å². The molecule has 1 aliphatic rings. The second-order valence-electron chi connectivity index (χ2n) is 8.15. The van der Waals surface area contributed by atoms with Gasteiger partial charge in [-0.25, -0.2) is 13.2 Å². The Morgan fingerprint density at radius 2 is 1.64 bits per heavy atom. The lowest BCUT2D eigenvalue weighted by atomic mass is 10.0. The molecule has 188 valence electrons. The number of rotatable bonds is 6. The van der Waals surface area contributed by atoms with Crippen molar-refractivity contribution in [2.75, 3.05) is 11.1 Å². The van der Waals surface area contributed by atoms with E-state index < -0.39 is 62.4 Å². The molecule has 1 saturated carbocycles. The lowest BCUT2D eigenvalue weighted by Crippen LogP contribution is -2.18. The molecule has 1 aliphatic carbocycles. The smallest absolute Gasteiger partial charge is 0.231 e. The number of halogens is 8. The second-order valence-corrected chi connectivity index (χ2v) is 10.8. The van der Waals surface area contributed by atoms with E-state index in [0.717, 1.165) is 24.3 Å². The van der Waals surface area contributed by atoms with Gasteiger partial charge in [0.05, 0.1) is 21.0 Å². The predicted molar refractivity (Wildman–Crippen MR) is 136 cm³/mol.